The smallest absolute Gasteiger partial charge is 0.104 e. The van der Waals surface area contributed by atoms with Gasteiger partial charge >= 0.3 is 0 Å². The van der Waals surface area contributed by atoms with E-state index in [1.54, 1.807) is 0 Å². The molecule has 0 saturated heterocycles. The van der Waals surface area contributed by atoms with Gasteiger partial charge in [-0.15, -0.1) is 0 Å². The third-order valence-electron chi connectivity index (χ3n) is 25.3. The van der Waals surface area contributed by atoms with Gasteiger partial charge in [-0.1, -0.05) is 233 Å². The summed E-state index contributed by atoms with van der Waals surface area (Å²) in [6.45, 7) is 26.3. The predicted octanol–water partition coefficient (Wildman–Crippen LogP) is 30.8. The van der Waals surface area contributed by atoms with Crippen LogP contribution in [-0.2, 0) is 12.8 Å². The highest BCUT2D eigenvalue weighted by Gasteiger charge is 2.36. The Hall–Kier alpha value is -14.2. The highest BCUT2D eigenvalue weighted by molar-refractivity contribution is 6.16. The minimum Gasteiger partial charge on any atom is -0.309 e. The maximum absolute atomic E-state index is 12.4. The lowest BCUT2D eigenvalue weighted by molar-refractivity contribution is 0.717. The van der Waals surface area contributed by atoms with E-state index in [0.717, 1.165) is 136 Å². The first-order valence-corrected chi connectivity index (χ1v) is 41.4. The molecule has 600 valence electrons. The van der Waals surface area contributed by atoms with Crippen molar-refractivity contribution in [3.05, 3.63) is 356 Å². The van der Waals surface area contributed by atoms with Crippen molar-refractivity contribution in [2.24, 2.45) is 11.8 Å². The van der Waals surface area contributed by atoms with Gasteiger partial charge in [-0.3, -0.25) is 0 Å². The van der Waals surface area contributed by atoms with E-state index < -0.39 is 0 Å². The largest absolute Gasteiger partial charge is 0.309 e. The van der Waals surface area contributed by atoms with Crippen molar-refractivity contribution >= 4 is 121 Å². The van der Waals surface area contributed by atoms with E-state index in [4.69, 9.17) is 0 Å². The topological polar surface area (TPSA) is 77.2 Å². The molecule has 0 fully saturated rings. The molecular formula is C114H104N8. The lowest BCUT2D eigenvalue weighted by atomic mass is 9.87. The molecule has 0 saturated carbocycles. The number of fused-ring (bicyclic) bond motifs is 18. The molecule has 2 aliphatic rings. The number of aromatic nitrogens is 6. The van der Waals surface area contributed by atoms with Crippen molar-refractivity contribution in [1.82, 2.24) is 27.4 Å². The summed E-state index contributed by atoms with van der Waals surface area (Å²) in [5.74, 6) is 0.773. The molecule has 14 aromatic carbocycles. The van der Waals surface area contributed by atoms with Gasteiger partial charge in [-0.2, -0.15) is 10.5 Å². The molecule has 6 aromatic heterocycles. The molecule has 0 spiro atoms. The summed E-state index contributed by atoms with van der Waals surface area (Å²) >= 11 is 0. The molecule has 0 radical (unpaired) electrons. The fourth-order valence-electron chi connectivity index (χ4n) is 20.0. The highest BCUT2D eigenvalue weighted by Crippen LogP contribution is 2.54. The summed E-state index contributed by atoms with van der Waals surface area (Å²) in [4.78, 5) is 0. The molecule has 0 aliphatic heterocycles. The molecule has 2 atom stereocenters. The Kier molecular flexibility index (Phi) is 20.1. The first-order chi connectivity index (χ1) is 57.4. The van der Waals surface area contributed by atoms with Crippen LogP contribution in [0.3, 0.4) is 0 Å². The summed E-state index contributed by atoms with van der Waals surface area (Å²) in [6.07, 6.45) is 11.2. The van der Waals surface area contributed by atoms with Crippen LogP contribution >= 0.6 is 0 Å². The molecule has 0 bridgehead atoms. The molecule has 2 aliphatic carbocycles. The van der Waals surface area contributed by atoms with Gasteiger partial charge in [0.2, 0.25) is 0 Å². The molecule has 0 N–H and O–H groups in total. The Balaban J connectivity index is 0.000000171. The van der Waals surface area contributed by atoms with Crippen LogP contribution in [0.1, 0.15) is 133 Å². The molecule has 0 amide bonds. The van der Waals surface area contributed by atoms with Crippen molar-refractivity contribution in [3.63, 3.8) is 0 Å². The van der Waals surface area contributed by atoms with Crippen molar-refractivity contribution in [2.45, 2.75) is 126 Å². The van der Waals surface area contributed by atoms with Crippen molar-refractivity contribution in [2.75, 3.05) is 0 Å². The Morgan fingerprint density at radius 1 is 0.262 bits per heavy atom. The Labute approximate surface area is 716 Å². The van der Waals surface area contributed by atoms with E-state index in [-0.39, 0.29) is 29.7 Å². The summed E-state index contributed by atoms with van der Waals surface area (Å²) in [5.41, 5.74) is 39.1. The second-order valence-electron chi connectivity index (χ2n) is 34.0. The molecule has 8 nitrogen and oxygen atoms in total. The van der Waals surface area contributed by atoms with E-state index in [9.17, 15) is 10.5 Å². The van der Waals surface area contributed by atoms with Crippen LogP contribution in [0.5, 0.6) is 0 Å². The maximum Gasteiger partial charge on any atom is 0.104 e. The van der Waals surface area contributed by atoms with E-state index >= 15 is 0 Å². The average Bonchev–Trinajstić information content (AvgIpc) is 1.48. The van der Waals surface area contributed by atoms with Crippen LogP contribution in [0, 0.1) is 104 Å². The Morgan fingerprint density at radius 2 is 0.508 bits per heavy atom. The quantitative estimate of drug-likeness (QED) is 0.152. The van der Waals surface area contributed by atoms with Crippen molar-refractivity contribution in [3.8, 4) is 68.5 Å². The SMILES string of the molecule is C.C.C.C.Cc1ccc2c(c1)c1c(n2-c2c(C#N)c(-n3c4c(c5cc(C)ccc53)CC(C)C=C4)c(-c3ccccc3)c(-n3c4ccc(C)cc4c4cc(C)ccc43)c2-c2ccccc2)C=CC(C)C1.Cc1ccc2c(c1)c1cc(C)ccc1n2-c1cc(-n2c3ccc(C)cc3c3cc(C)ccc32)c(C#N)c(-n2c3ccc(C)cc3c3cc(C)ccc32)c1. The van der Waals surface area contributed by atoms with Gasteiger partial charge in [0.1, 0.15) is 23.3 Å². The second kappa shape index (κ2) is 30.6. The van der Waals surface area contributed by atoms with Crippen LogP contribution in [0.2, 0.25) is 0 Å². The van der Waals surface area contributed by atoms with Gasteiger partial charge in [-0.25, -0.2) is 0 Å². The fraction of sp³-hybridized carbons (Fsp3) is 0.175. The second-order valence-corrected chi connectivity index (χ2v) is 34.0. The van der Waals surface area contributed by atoms with Crippen LogP contribution in [0.25, 0.3) is 178 Å². The summed E-state index contributed by atoms with van der Waals surface area (Å²) < 4.78 is 14.5. The highest BCUT2D eigenvalue weighted by atomic mass is 15.1. The van der Waals surface area contributed by atoms with E-state index in [2.05, 4.69) is 402 Å². The maximum atomic E-state index is 12.4. The molecule has 20 aromatic rings. The van der Waals surface area contributed by atoms with Crippen molar-refractivity contribution < 1.29 is 0 Å². The van der Waals surface area contributed by atoms with Gasteiger partial charge < -0.3 is 27.4 Å². The number of allylic oxidation sites excluding steroid dienone is 2. The molecule has 22 rings (SSSR count). The van der Waals surface area contributed by atoms with Crippen LogP contribution in [0.4, 0.5) is 0 Å². The first kappa shape index (κ1) is 80.2. The normalized spacial score (nSPS) is 13.5. The molecule has 8 heteroatoms. The Morgan fingerprint density at radius 3 is 0.779 bits per heavy atom. The van der Waals surface area contributed by atoms with E-state index in [1.807, 2.05) is 0 Å². The third kappa shape index (κ3) is 12.4. The zero-order valence-electron chi connectivity index (χ0n) is 68.7. The number of hydrogen-bond acceptors (Lipinski definition) is 2. The summed E-state index contributed by atoms with van der Waals surface area (Å²) in [5, 5.41) is 35.9. The number of rotatable bonds is 8. The monoisotopic (exact) mass is 1580 g/mol. The van der Waals surface area contributed by atoms with Gasteiger partial charge in [0, 0.05) is 76.4 Å². The van der Waals surface area contributed by atoms with Gasteiger partial charge in [-0.05, 0) is 262 Å². The zero-order valence-corrected chi connectivity index (χ0v) is 68.7. The molecule has 6 heterocycles. The average molecular weight is 1590 g/mol. The lowest BCUT2D eigenvalue weighted by Gasteiger charge is -2.29. The molecular weight excluding hydrogens is 1480 g/mol. The van der Waals surface area contributed by atoms with E-state index in [0.29, 0.717) is 23.0 Å². The van der Waals surface area contributed by atoms with E-state index in [1.165, 1.54) is 121 Å². The molecule has 2 unspecified atom stereocenters. The Bertz CT molecular complexity index is 7350. The summed E-state index contributed by atoms with van der Waals surface area (Å²) in [6, 6.07) is 99.6. The van der Waals surface area contributed by atoms with Gasteiger partial charge in [0.05, 0.1) is 89.3 Å². The lowest BCUT2D eigenvalue weighted by Crippen LogP contribution is -2.15. The predicted molar refractivity (Wildman–Crippen MR) is 522 cm³/mol. The van der Waals surface area contributed by atoms with Crippen molar-refractivity contribution in [1.29, 1.82) is 10.5 Å². The number of benzene rings is 14. The van der Waals surface area contributed by atoms with Gasteiger partial charge in [0.15, 0.2) is 0 Å². The number of nitriles is 2. The van der Waals surface area contributed by atoms with Crippen LogP contribution in [-0.4, -0.2) is 27.4 Å². The first-order valence-electron chi connectivity index (χ1n) is 41.4. The van der Waals surface area contributed by atoms with Crippen LogP contribution in [0.15, 0.2) is 267 Å². The zero-order chi connectivity index (χ0) is 80.5. The summed E-state index contributed by atoms with van der Waals surface area (Å²) in [7, 11) is 0. The molecule has 122 heavy (non-hydrogen) atoms. The minimum absolute atomic E-state index is 0. The van der Waals surface area contributed by atoms with Crippen LogP contribution < -0.4 is 0 Å². The van der Waals surface area contributed by atoms with Gasteiger partial charge in [0.25, 0.3) is 0 Å². The fourth-order valence-corrected chi connectivity index (χ4v) is 20.0. The third-order valence-corrected chi connectivity index (χ3v) is 25.3. The standard InChI is InChI=1S/C61H50N4.C49H38N4.4CH4/c1-36-17-23-51-44(29-36)45-30-37(2)18-24-52(45)63(51)59-50(35-62)60(64-53-25-19-38(3)31-46(53)47-32-39(4)20-26-54(47)64)58(43-15-11-8-12-16-43)61(57(59)42-13-9-7-10-14-42)65-55-27-21-40(5)33-48(55)49-34-41(6)22-28-56(49)65;1-28-7-13-42-35(19-28)36-20-29(2)8-14-43(36)51(42)34-25-48(52-44-15-9-30(3)21-37(44)38-22-31(4)10-16-45(38)52)41(27-50)49(26-34)53-46-17-11-32(5)23-39(46)40-24-33(6)12-18-47(40)53;;;;/h7-29,31,33-34,37,39H,30,32H2,1-6H3;7-26H,1-6H3;4*1H4. The number of hydrogen-bond donors (Lipinski definition) is 0. The number of nitrogens with zero attached hydrogens (tertiary/aromatic N) is 8. The minimum atomic E-state index is 0. The number of aryl methyl sites for hydroxylation is 10.